The average Bonchev–Trinajstić information content (AvgIpc) is 3.19. The highest BCUT2D eigenvalue weighted by molar-refractivity contribution is 7.89. The summed E-state index contributed by atoms with van der Waals surface area (Å²) in [5.41, 5.74) is 2.58. The monoisotopic (exact) mass is 459 g/mol. The summed E-state index contributed by atoms with van der Waals surface area (Å²) in [6.45, 7) is 0. The first-order valence-electron chi connectivity index (χ1n) is 9.85. The van der Waals surface area contributed by atoms with Gasteiger partial charge in [0.1, 0.15) is 5.82 Å². The van der Waals surface area contributed by atoms with Gasteiger partial charge in [-0.05, 0) is 48.9 Å². The lowest BCUT2D eigenvalue weighted by molar-refractivity contribution is -0.137. The average molecular weight is 459 g/mol. The molecule has 1 aromatic heterocycles. The third-order valence-electron chi connectivity index (χ3n) is 5.19. The van der Waals surface area contributed by atoms with Crippen molar-refractivity contribution < 1.29 is 21.6 Å². The largest absolute Gasteiger partial charge is 0.416 e. The maximum absolute atomic E-state index is 12.9. The van der Waals surface area contributed by atoms with Crippen LogP contribution in [-0.4, -0.2) is 25.4 Å². The molecule has 0 saturated heterocycles. The van der Waals surface area contributed by atoms with Gasteiger partial charge in [0.2, 0.25) is 10.0 Å². The van der Waals surface area contributed by atoms with E-state index >= 15 is 0 Å². The molecule has 0 spiro atoms. The molecule has 3 aromatic carbocycles. The molecule has 32 heavy (non-hydrogen) atoms. The number of rotatable bonds is 6. The minimum absolute atomic E-state index is 0.169. The lowest BCUT2D eigenvalue weighted by Crippen LogP contribution is -2.19. The van der Waals surface area contributed by atoms with Crippen LogP contribution in [-0.2, 0) is 29.0 Å². The van der Waals surface area contributed by atoms with Crippen molar-refractivity contribution in [3.05, 3.63) is 83.7 Å². The van der Waals surface area contributed by atoms with Gasteiger partial charge in [-0.3, -0.25) is 0 Å². The van der Waals surface area contributed by atoms with E-state index in [0.717, 1.165) is 17.6 Å². The van der Waals surface area contributed by atoms with Gasteiger partial charge in [0.15, 0.2) is 0 Å². The fraction of sp³-hybridized carbons (Fsp3) is 0.174. The second-order valence-corrected chi connectivity index (χ2v) is 9.17. The van der Waals surface area contributed by atoms with Crippen LogP contribution in [0.15, 0.2) is 71.6 Å². The molecule has 9 heteroatoms. The molecule has 4 aromatic rings. The zero-order chi connectivity index (χ0) is 22.9. The van der Waals surface area contributed by atoms with Gasteiger partial charge in [-0.2, -0.15) is 13.2 Å². The van der Waals surface area contributed by atoms with E-state index in [1.165, 1.54) is 19.2 Å². The molecule has 0 amide bonds. The molecule has 0 aliphatic rings. The molecule has 4 rings (SSSR count). The Bertz CT molecular complexity index is 1380. The minimum Gasteiger partial charge on any atom is -0.342 e. The molecule has 2 N–H and O–H groups in total. The van der Waals surface area contributed by atoms with Crippen LogP contribution in [0.4, 0.5) is 13.2 Å². The fourth-order valence-electron chi connectivity index (χ4n) is 3.56. The molecule has 0 saturated carbocycles. The quantitative estimate of drug-likeness (QED) is 0.429. The van der Waals surface area contributed by atoms with Crippen molar-refractivity contribution in [3.63, 3.8) is 0 Å². The molecular formula is C23H20F3N3O2S. The van der Waals surface area contributed by atoms with E-state index in [0.29, 0.717) is 40.9 Å². The highest BCUT2D eigenvalue weighted by atomic mass is 32.2. The summed E-state index contributed by atoms with van der Waals surface area (Å²) in [7, 11) is -2.28. The number of alkyl halides is 3. The Morgan fingerprint density at radius 1 is 0.969 bits per heavy atom. The predicted molar refractivity (Wildman–Crippen MR) is 117 cm³/mol. The van der Waals surface area contributed by atoms with E-state index in [9.17, 15) is 21.6 Å². The summed E-state index contributed by atoms with van der Waals surface area (Å²) in [5, 5.41) is 0. The Morgan fingerprint density at radius 3 is 2.50 bits per heavy atom. The Kier molecular flexibility index (Phi) is 5.79. The van der Waals surface area contributed by atoms with Crippen molar-refractivity contribution in [2.75, 3.05) is 7.05 Å². The van der Waals surface area contributed by atoms with Gasteiger partial charge in [-0.1, -0.05) is 42.5 Å². The van der Waals surface area contributed by atoms with Crippen LogP contribution < -0.4 is 4.72 Å². The summed E-state index contributed by atoms with van der Waals surface area (Å²) in [4.78, 5) is 7.90. The first kappa shape index (κ1) is 22.0. The van der Waals surface area contributed by atoms with Crippen LogP contribution >= 0.6 is 0 Å². The Balaban J connectivity index is 1.60. The van der Waals surface area contributed by atoms with Crippen LogP contribution in [0.2, 0.25) is 0 Å². The first-order chi connectivity index (χ1) is 15.2. The van der Waals surface area contributed by atoms with Crippen LogP contribution in [0.25, 0.3) is 22.2 Å². The second-order valence-electron chi connectivity index (χ2n) is 7.32. The van der Waals surface area contributed by atoms with Gasteiger partial charge < -0.3 is 4.98 Å². The number of imidazole rings is 1. The van der Waals surface area contributed by atoms with Gasteiger partial charge in [0.25, 0.3) is 0 Å². The number of hydrogen-bond donors (Lipinski definition) is 2. The SMILES string of the molecule is CNS(=O)(=O)c1ccccc1-c1ccc2[nH]c(CCc3cccc(C(F)(F)F)c3)nc2c1. The summed E-state index contributed by atoms with van der Waals surface area (Å²) in [6.07, 6.45) is -3.53. The summed E-state index contributed by atoms with van der Waals surface area (Å²) < 4.78 is 65.8. The van der Waals surface area contributed by atoms with Crippen LogP contribution in [0.5, 0.6) is 0 Å². The van der Waals surface area contributed by atoms with E-state index in [1.807, 2.05) is 6.07 Å². The van der Waals surface area contributed by atoms with E-state index in [1.54, 1.807) is 36.4 Å². The zero-order valence-corrected chi connectivity index (χ0v) is 17.9. The van der Waals surface area contributed by atoms with Crippen molar-refractivity contribution in [2.24, 2.45) is 0 Å². The van der Waals surface area contributed by atoms with Crippen molar-refractivity contribution >= 4 is 21.1 Å². The summed E-state index contributed by atoms with van der Waals surface area (Å²) in [6, 6.07) is 17.4. The number of benzene rings is 3. The fourth-order valence-corrected chi connectivity index (χ4v) is 4.51. The molecule has 5 nitrogen and oxygen atoms in total. The van der Waals surface area contributed by atoms with Crippen molar-refractivity contribution in [1.82, 2.24) is 14.7 Å². The van der Waals surface area contributed by atoms with Crippen molar-refractivity contribution in [1.29, 1.82) is 0 Å². The highest BCUT2D eigenvalue weighted by Crippen LogP contribution is 2.31. The molecule has 166 valence electrons. The molecule has 0 radical (unpaired) electrons. The number of H-pyrrole nitrogens is 1. The Morgan fingerprint density at radius 2 is 1.75 bits per heavy atom. The minimum atomic E-state index is -4.37. The molecule has 0 atom stereocenters. The molecule has 0 aliphatic carbocycles. The molecule has 0 unspecified atom stereocenters. The van der Waals surface area contributed by atoms with Gasteiger partial charge in [0, 0.05) is 12.0 Å². The molecule has 0 bridgehead atoms. The smallest absolute Gasteiger partial charge is 0.342 e. The molecule has 0 aliphatic heterocycles. The number of sulfonamides is 1. The van der Waals surface area contributed by atoms with E-state index in [2.05, 4.69) is 14.7 Å². The third kappa shape index (κ3) is 4.53. The zero-order valence-electron chi connectivity index (χ0n) is 17.1. The third-order valence-corrected chi connectivity index (χ3v) is 6.67. The number of fused-ring (bicyclic) bond motifs is 1. The van der Waals surface area contributed by atoms with Crippen LogP contribution in [0.1, 0.15) is 17.0 Å². The standard InChI is InChI=1S/C23H20F3N3O2S/c1-27-32(30,31)21-8-3-2-7-18(21)16-10-11-19-20(14-16)29-22(28-19)12-9-15-5-4-6-17(13-15)23(24,25)26/h2-8,10-11,13-14,27H,9,12H2,1H3,(H,28,29). The molecule has 0 fully saturated rings. The number of aromatic amines is 1. The number of nitrogens with one attached hydrogen (secondary N) is 2. The highest BCUT2D eigenvalue weighted by Gasteiger charge is 2.30. The van der Waals surface area contributed by atoms with Crippen molar-refractivity contribution in [3.8, 4) is 11.1 Å². The van der Waals surface area contributed by atoms with Gasteiger partial charge in [0.05, 0.1) is 21.5 Å². The van der Waals surface area contributed by atoms with Gasteiger partial charge in [-0.15, -0.1) is 0 Å². The van der Waals surface area contributed by atoms with Gasteiger partial charge in [-0.25, -0.2) is 18.1 Å². The Hall–Kier alpha value is -3.17. The number of aromatic nitrogens is 2. The van der Waals surface area contributed by atoms with Crippen LogP contribution in [0, 0.1) is 0 Å². The van der Waals surface area contributed by atoms with E-state index in [-0.39, 0.29) is 4.90 Å². The molecule has 1 heterocycles. The number of hydrogen-bond acceptors (Lipinski definition) is 3. The maximum atomic E-state index is 12.9. The Labute approximate surface area is 183 Å². The summed E-state index contributed by atoms with van der Waals surface area (Å²) >= 11 is 0. The number of aryl methyl sites for hydroxylation is 2. The lowest BCUT2D eigenvalue weighted by Gasteiger charge is -2.09. The van der Waals surface area contributed by atoms with Crippen LogP contribution in [0.3, 0.4) is 0 Å². The van der Waals surface area contributed by atoms with E-state index in [4.69, 9.17) is 0 Å². The normalized spacial score (nSPS) is 12.4. The first-order valence-corrected chi connectivity index (χ1v) is 11.3. The lowest BCUT2D eigenvalue weighted by atomic mass is 10.1. The predicted octanol–water partition coefficient (Wildman–Crippen LogP) is 4.94. The maximum Gasteiger partial charge on any atom is 0.416 e. The number of halogens is 3. The second kappa shape index (κ2) is 8.40. The van der Waals surface area contributed by atoms with E-state index < -0.39 is 21.8 Å². The molecular weight excluding hydrogens is 439 g/mol. The van der Waals surface area contributed by atoms with Crippen molar-refractivity contribution in [2.45, 2.75) is 23.9 Å². The number of nitrogens with zero attached hydrogens (tertiary/aromatic N) is 1. The summed E-state index contributed by atoms with van der Waals surface area (Å²) in [5.74, 6) is 0.644. The topological polar surface area (TPSA) is 74.8 Å². The van der Waals surface area contributed by atoms with Gasteiger partial charge >= 0.3 is 6.18 Å².